The highest BCUT2D eigenvalue weighted by molar-refractivity contribution is 5.74. The molecule has 1 aliphatic carbocycles. The van der Waals surface area contributed by atoms with E-state index in [2.05, 4.69) is 0 Å². The number of carbonyl (C=O) groups excluding carboxylic acids is 2. The molecule has 0 heterocycles. The summed E-state index contributed by atoms with van der Waals surface area (Å²) in [5.74, 6) is 0.239. The lowest BCUT2D eigenvalue weighted by molar-refractivity contribution is -0.151. The van der Waals surface area contributed by atoms with E-state index in [1.807, 2.05) is 13.8 Å². The van der Waals surface area contributed by atoms with Gasteiger partial charge in [0.1, 0.15) is 12.6 Å². The fourth-order valence-corrected chi connectivity index (χ4v) is 1.30. The Hall–Kier alpha value is -1.06. The molecule has 0 bridgehead atoms. The summed E-state index contributed by atoms with van der Waals surface area (Å²) in [5, 5.41) is 0. The number of likely N-dealkylation sites (N-methyl/N-ethyl adjacent to an activating group) is 1. The molecule has 0 aliphatic heterocycles. The molecule has 1 atom stereocenters. The molecule has 0 aromatic carbocycles. The molecule has 0 spiro atoms. The molecule has 1 amide bonds. The second-order valence-electron chi connectivity index (χ2n) is 3.70. The van der Waals surface area contributed by atoms with Gasteiger partial charge in [0, 0.05) is 6.54 Å². The fraction of sp³-hybridized carbons (Fsp3) is 0.800. The zero-order valence-corrected chi connectivity index (χ0v) is 8.73. The summed E-state index contributed by atoms with van der Waals surface area (Å²) in [7, 11) is 0. The van der Waals surface area contributed by atoms with Crippen LogP contribution in [0.4, 0.5) is 0 Å². The van der Waals surface area contributed by atoms with Crippen LogP contribution < -0.4 is 0 Å². The lowest BCUT2D eigenvalue weighted by Crippen LogP contribution is -2.31. The van der Waals surface area contributed by atoms with Crippen LogP contribution in [0.5, 0.6) is 0 Å². The van der Waals surface area contributed by atoms with Gasteiger partial charge in [0.05, 0.1) is 0 Å². The lowest BCUT2D eigenvalue weighted by Gasteiger charge is -2.16. The monoisotopic (exact) mass is 199 g/mol. The van der Waals surface area contributed by atoms with E-state index >= 15 is 0 Å². The van der Waals surface area contributed by atoms with E-state index < -0.39 is 0 Å². The Labute approximate surface area is 84.2 Å². The molecule has 0 aromatic rings. The minimum absolute atomic E-state index is 0.00728. The summed E-state index contributed by atoms with van der Waals surface area (Å²) in [6.45, 7) is 4.34. The molecule has 0 saturated heterocycles. The van der Waals surface area contributed by atoms with Crippen molar-refractivity contribution in [1.82, 2.24) is 4.90 Å². The average molecular weight is 199 g/mol. The van der Waals surface area contributed by atoms with Crippen LogP contribution in [0, 0.1) is 5.92 Å². The molecule has 1 unspecified atom stereocenters. The number of rotatable bonds is 6. The summed E-state index contributed by atoms with van der Waals surface area (Å²) in [6, 6.07) is 0. The van der Waals surface area contributed by atoms with Gasteiger partial charge in [0.2, 0.25) is 6.41 Å². The van der Waals surface area contributed by atoms with Gasteiger partial charge < -0.3 is 9.64 Å². The number of amides is 1. The lowest BCUT2D eigenvalue weighted by atomic mass is 10.3. The van der Waals surface area contributed by atoms with E-state index in [4.69, 9.17) is 4.74 Å². The zero-order valence-electron chi connectivity index (χ0n) is 8.73. The molecular weight excluding hydrogens is 182 g/mol. The van der Waals surface area contributed by atoms with Crippen LogP contribution >= 0.6 is 0 Å². The van der Waals surface area contributed by atoms with Gasteiger partial charge in [-0.05, 0) is 32.6 Å². The van der Waals surface area contributed by atoms with E-state index in [0.29, 0.717) is 18.9 Å². The third-order valence-corrected chi connectivity index (χ3v) is 2.49. The van der Waals surface area contributed by atoms with Gasteiger partial charge in [-0.15, -0.1) is 0 Å². The van der Waals surface area contributed by atoms with E-state index in [-0.39, 0.29) is 18.6 Å². The molecule has 4 nitrogen and oxygen atoms in total. The van der Waals surface area contributed by atoms with E-state index in [9.17, 15) is 9.59 Å². The van der Waals surface area contributed by atoms with Crippen LogP contribution in [0.3, 0.4) is 0 Å². The summed E-state index contributed by atoms with van der Waals surface area (Å²) in [4.78, 5) is 23.1. The third kappa shape index (κ3) is 3.36. The van der Waals surface area contributed by atoms with Gasteiger partial charge in [0.15, 0.2) is 0 Å². The maximum absolute atomic E-state index is 11.3. The van der Waals surface area contributed by atoms with Crippen LogP contribution in [0.15, 0.2) is 0 Å². The first-order valence-corrected chi connectivity index (χ1v) is 5.06. The summed E-state index contributed by atoms with van der Waals surface area (Å²) in [6.07, 6.45) is 2.98. The Bertz CT molecular complexity index is 213. The van der Waals surface area contributed by atoms with E-state index in [0.717, 1.165) is 12.8 Å². The molecule has 1 fully saturated rings. The smallest absolute Gasteiger partial charge is 0.325 e. The molecule has 0 N–H and O–H groups in total. The van der Waals surface area contributed by atoms with Crippen molar-refractivity contribution in [3.8, 4) is 0 Å². The summed E-state index contributed by atoms with van der Waals surface area (Å²) >= 11 is 0. The topological polar surface area (TPSA) is 46.6 Å². The van der Waals surface area contributed by atoms with Crippen molar-refractivity contribution < 1.29 is 14.3 Å². The number of carbonyl (C=O) groups is 2. The van der Waals surface area contributed by atoms with Crippen molar-refractivity contribution in [1.29, 1.82) is 0 Å². The highest BCUT2D eigenvalue weighted by Gasteiger charge is 2.30. The Morgan fingerprint density at radius 3 is 2.71 bits per heavy atom. The van der Waals surface area contributed by atoms with Crippen molar-refractivity contribution in [2.45, 2.75) is 32.8 Å². The van der Waals surface area contributed by atoms with E-state index in [1.54, 1.807) is 0 Å². The Morgan fingerprint density at radius 1 is 1.64 bits per heavy atom. The number of hydrogen-bond acceptors (Lipinski definition) is 3. The first kappa shape index (κ1) is 11.0. The molecule has 1 rings (SSSR count). The van der Waals surface area contributed by atoms with Gasteiger partial charge in [-0.2, -0.15) is 0 Å². The van der Waals surface area contributed by atoms with Crippen LogP contribution in [0.2, 0.25) is 0 Å². The predicted octanol–water partition coefficient (Wildman–Crippen LogP) is 0.806. The number of esters is 1. The standard InChI is InChI=1S/C10H17NO3/c1-3-11(7-12)6-10(13)14-8(2)9-4-5-9/h7-9H,3-6H2,1-2H3. The Morgan fingerprint density at radius 2 is 2.29 bits per heavy atom. The maximum Gasteiger partial charge on any atom is 0.325 e. The maximum atomic E-state index is 11.3. The first-order valence-electron chi connectivity index (χ1n) is 5.06. The molecule has 1 saturated carbocycles. The van der Waals surface area contributed by atoms with Crippen LogP contribution in [-0.4, -0.2) is 36.5 Å². The summed E-state index contributed by atoms with van der Waals surface area (Å²) < 4.78 is 5.17. The zero-order chi connectivity index (χ0) is 10.6. The van der Waals surface area contributed by atoms with Crippen molar-refractivity contribution in [2.24, 2.45) is 5.92 Å². The highest BCUT2D eigenvalue weighted by Crippen LogP contribution is 2.33. The first-order chi connectivity index (χ1) is 6.67. The quantitative estimate of drug-likeness (QED) is 0.469. The molecule has 0 aromatic heterocycles. The van der Waals surface area contributed by atoms with Gasteiger partial charge in [0.25, 0.3) is 0 Å². The minimum Gasteiger partial charge on any atom is -0.461 e. The van der Waals surface area contributed by atoms with Crippen LogP contribution in [-0.2, 0) is 14.3 Å². The minimum atomic E-state index is -0.307. The second kappa shape index (κ2) is 4.98. The normalized spacial score (nSPS) is 17.3. The number of hydrogen-bond donors (Lipinski definition) is 0. The molecule has 4 heteroatoms. The van der Waals surface area contributed by atoms with Gasteiger partial charge in [-0.1, -0.05) is 0 Å². The van der Waals surface area contributed by atoms with Crippen LogP contribution in [0.1, 0.15) is 26.7 Å². The largest absolute Gasteiger partial charge is 0.461 e. The molecule has 14 heavy (non-hydrogen) atoms. The van der Waals surface area contributed by atoms with Gasteiger partial charge in [-0.25, -0.2) is 0 Å². The fourth-order valence-electron chi connectivity index (χ4n) is 1.30. The van der Waals surface area contributed by atoms with E-state index in [1.165, 1.54) is 4.90 Å². The number of ether oxygens (including phenoxy) is 1. The van der Waals surface area contributed by atoms with Crippen molar-refractivity contribution in [2.75, 3.05) is 13.1 Å². The molecular formula is C10H17NO3. The SMILES string of the molecule is CCN(C=O)CC(=O)OC(C)C1CC1. The Kier molecular flexibility index (Phi) is 3.92. The summed E-state index contributed by atoms with van der Waals surface area (Å²) in [5.41, 5.74) is 0. The number of nitrogens with zero attached hydrogens (tertiary/aromatic N) is 1. The van der Waals surface area contributed by atoms with Gasteiger partial charge in [-0.3, -0.25) is 9.59 Å². The molecule has 1 aliphatic rings. The Balaban J connectivity index is 2.22. The predicted molar refractivity (Wildman–Crippen MR) is 51.6 cm³/mol. The van der Waals surface area contributed by atoms with Crippen molar-refractivity contribution >= 4 is 12.4 Å². The third-order valence-electron chi connectivity index (χ3n) is 2.49. The van der Waals surface area contributed by atoms with Crippen molar-refractivity contribution in [3.63, 3.8) is 0 Å². The van der Waals surface area contributed by atoms with Crippen LogP contribution in [0.25, 0.3) is 0 Å². The van der Waals surface area contributed by atoms with Gasteiger partial charge >= 0.3 is 5.97 Å². The average Bonchev–Trinajstić information content (AvgIpc) is 2.97. The molecule has 0 radical (unpaired) electrons. The molecule has 80 valence electrons. The van der Waals surface area contributed by atoms with Crippen molar-refractivity contribution in [3.05, 3.63) is 0 Å². The second-order valence-corrected chi connectivity index (χ2v) is 3.70. The highest BCUT2D eigenvalue weighted by atomic mass is 16.5.